The van der Waals surface area contributed by atoms with Crippen molar-refractivity contribution in [1.82, 2.24) is 0 Å². The first-order valence-electron chi connectivity index (χ1n) is 6.82. The maximum absolute atomic E-state index is 11.4. The van der Waals surface area contributed by atoms with E-state index in [1.807, 2.05) is 0 Å². The lowest BCUT2D eigenvalue weighted by molar-refractivity contribution is -0.397. The molecule has 0 bridgehead atoms. The van der Waals surface area contributed by atoms with Crippen molar-refractivity contribution >= 4 is 11.4 Å². The number of hydrogen-bond acceptors (Lipinski definition) is 7. The van der Waals surface area contributed by atoms with Gasteiger partial charge in [0.2, 0.25) is 5.75 Å². The summed E-state index contributed by atoms with van der Waals surface area (Å²) >= 11 is 0. The number of rotatable bonds is 8. The molecule has 0 aliphatic heterocycles. The Kier molecular flexibility index (Phi) is 6.05. The Hall–Kier alpha value is -2.42. The van der Waals surface area contributed by atoms with Gasteiger partial charge in [0.1, 0.15) is 5.56 Å². The average Bonchev–Trinajstić information content (AvgIpc) is 2.47. The third-order valence-electron chi connectivity index (χ3n) is 2.93. The van der Waals surface area contributed by atoms with Crippen LogP contribution in [0.25, 0.3) is 0 Å². The summed E-state index contributed by atoms with van der Waals surface area (Å²) in [5, 5.41) is 32.6. The topological polar surface area (TPSA) is 125 Å². The maximum Gasteiger partial charge on any atom is 0.327 e. The van der Waals surface area contributed by atoms with Gasteiger partial charge in [0.25, 0.3) is 5.69 Å². The second kappa shape index (κ2) is 7.55. The molecular formula is C13H18N2O7. The highest BCUT2D eigenvalue weighted by atomic mass is 16.6. The molecule has 1 rings (SSSR count). The Balaban J connectivity index is 3.81. The van der Waals surface area contributed by atoms with Gasteiger partial charge in [-0.25, -0.2) is 0 Å². The predicted molar refractivity (Wildman–Crippen MR) is 77.3 cm³/mol. The van der Waals surface area contributed by atoms with Gasteiger partial charge in [0.05, 0.1) is 35.2 Å². The van der Waals surface area contributed by atoms with Crippen molar-refractivity contribution in [2.24, 2.45) is 0 Å². The molecule has 122 valence electrons. The van der Waals surface area contributed by atoms with Gasteiger partial charge in [0.15, 0.2) is 5.75 Å². The van der Waals surface area contributed by atoms with Crippen LogP contribution >= 0.6 is 0 Å². The zero-order valence-electron chi connectivity index (χ0n) is 12.6. The van der Waals surface area contributed by atoms with Gasteiger partial charge in [-0.2, -0.15) is 0 Å². The fourth-order valence-electron chi connectivity index (χ4n) is 2.04. The van der Waals surface area contributed by atoms with Crippen LogP contribution in [0.5, 0.6) is 11.5 Å². The minimum Gasteiger partial charge on any atom is -0.489 e. The molecule has 1 aromatic rings. The molecule has 1 atom stereocenters. The van der Waals surface area contributed by atoms with Crippen molar-refractivity contribution in [1.29, 1.82) is 0 Å². The summed E-state index contributed by atoms with van der Waals surface area (Å²) in [6, 6.07) is 1.05. The standard InChI is InChI=1S/C13H18N2O7/c1-4-9(16)11-8(14(17)18)7-10(21-5-2)13(22-6-3)12(11)15(19)20/h7,9,16H,4-6H2,1-3H3. The van der Waals surface area contributed by atoms with E-state index in [2.05, 4.69) is 0 Å². The molecule has 0 fully saturated rings. The molecule has 0 saturated heterocycles. The molecule has 0 amide bonds. The van der Waals surface area contributed by atoms with Crippen LogP contribution in [0.4, 0.5) is 11.4 Å². The third-order valence-corrected chi connectivity index (χ3v) is 2.93. The monoisotopic (exact) mass is 314 g/mol. The molecule has 1 N–H and O–H groups in total. The number of aliphatic hydroxyl groups is 1. The highest BCUT2D eigenvalue weighted by Crippen LogP contribution is 2.47. The number of ether oxygens (including phenoxy) is 2. The highest BCUT2D eigenvalue weighted by molar-refractivity contribution is 5.69. The average molecular weight is 314 g/mol. The molecule has 0 spiro atoms. The minimum absolute atomic E-state index is 0.0846. The molecule has 22 heavy (non-hydrogen) atoms. The lowest BCUT2D eigenvalue weighted by Crippen LogP contribution is -2.10. The Morgan fingerprint density at radius 2 is 1.73 bits per heavy atom. The van der Waals surface area contributed by atoms with Crippen LogP contribution in [0, 0.1) is 20.2 Å². The number of nitro groups is 2. The highest BCUT2D eigenvalue weighted by Gasteiger charge is 2.37. The summed E-state index contributed by atoms with van der Waals surface area (Å²) in [4.78, 5) is 21.0. The number of hydrogen-bond donors (Lipinski definition) is 1. The third kappa shape index (κ3) is 3.42. The molecule has 0 aliphatic rings. The second-order valence-corrected chi connectivity index (χ2v) is 4.29. The molecule has 0 heterocycles. The number of nitrogens with zero attached hydrogens (tertiary/aromatic N) is 2. The summed E-state index contributed by atoms with van der Waals surface area (Å²) in [5.41, 5.74) is -1.56. The molecule has 1 aromatic carbocycles. The van der Waals surface area contributed by atoms with E-state index in [4.69, 9.17) is 9.47 Å². The fraction of sp³-hybridized carbons (Fsp3) is 0.538. The molecule has 1 unspecified atom stereocenters. The number of aliphatic hydroxyl groups excluding tert-OH is 1. The first kappa shape index (κ1) is 17.6. The zero-order valence-corrected chi connectivity index (χ0v) is 12.6. The lowest BCUT2D eigenvalue weighted by atomic mass is 10.0. The lowest BCUT2D eigenvalue weighted by Gasteiger charge is -2.16. The van der Waals surface area contributed by atoms with Crippen molar-refractivity contribution in [2.45, 2.75) is 33.3 Å². The fourth-order valence-corrected chi connectivity index (χ4v) is 2.04. The van der Waals surface area contributed by atoms with Crippen LogP contribution in [0.1, 0.15) is 38.9 Å². The Bertz CT molecular complexity index is 574. The Labute approximate surface area is 126 Å². The van der Waals surface area contributed by atoms with Gasteiger partial charge in [0, 0.05) is 0 Å². The molecule has 0 saturated carbocycles. The number of benzene rings is 1. The summed E-state index contributed by atoms with van der Waals surface area (Å²) in [6.45, 7) is 5.10. The van der Waals surface area contributed by atoms with Gasteiger partial charge in [-0.3, -0.25) is 20.2 Å². The largest absolute Gasteiger partial charge is 0.489 e. The van der Waals surface area contributed by atoms with Gasteiger partial charge < -0.3 is 14.6 Å². The van der Waals surface area contributed by atoms with E-state index >= 15 is 0 Å². The zero-order chi connectivity index (χ0) is 16.9. The molecule has 0 aromatic heterocycles. The molecule has 9 nitrogen and oxygen atoms in total. The van der Waals surface area contributed by atoms with Crippen molar-refractivity contribution in [3.63, 3.8) is 0 Å². The first-order valence-corrected chi connectivity index (χ1v) is 6.82. The van der Waals surface area contributed by atoms with Crippen molar-refractivity contribution in [3.05, 3.63) is 31.9 Å². The van der Waals surface area contributed by atoms with Crippen LogP contribution in [0.3, 0.4) is 0 Å². The van der Waals surface area contributed by atoms with E-state index in [9.17, 15) is 25.3 Å². The van der Waals surface area contributed by atoms with E-state index in [-0.39, 0.29) is 36.7 Å². The molecular weight excluding hydrogens is 296 g/mol. The quantitative estimate of drug-likeness (QED) is 0.577. The van der Waals surface area contributed by atoms with E-state index in [0.29, 0.717) is 0 Å². The maximum atomic E-state index is 11.4. The van der Waals surface area contributed by atoms with Gasteiger partial charge in [-0.05, 0) is 20.3 Å². The van der Waals surface area contributed by atoms with Gasteiger partial charge in [-0.1, -0.05) is 6.92 Å². The van der Waals surface area contributed by atoms with Crippen LogP contribution in [-0.4, -0.2) is 28.2 Å². The van der Waals surface area contributed by atoms with Crippen LogP contribution in [-0.2, 0) is 0 Å². The van der Waals surface area contributed by atoms with Crippen molar-refractivity contribution < 1.29 is 24.4 Å². The summed E-state index contributed by atoms with van der Waals surface area (Å²) in [6.07, 6.45) is -1.27. The smallest absolute Gasteiger partial charge is 0.327 e. The van der Waals surface area contributed by atoms with Crippen molar-refractivity contribution in [2.75, 3.05) is 13.2 Å². The van der Waals surface area contributed by atoms with E-state index < -0.39 is 27.3 Å². The van der Waals surface area contributed by atoms with E-state index in [1.54, 1.807) is 20.8 Å². The van der Waals surface area contributed by atoms with Gasteiger partial charge in [-0.15, -0.1) is 0 Å². The summed E-state index contributed by atoms with van der Waals surface area (Å²) in [7, 11) is 0. The molecule has 0 aliphatic carbocycles. The Morgan fingerprint density at radius 3 is 2.14 bits per heavy atom. The predicted octanol–water partition coefficient (Wildman–Crippen LogP) is 2.74. The first-order chi connectivity index (χ1) is 10.4. The second-order valence-electron chi connectivity index (χ2n) is 4.29. The van der Waals surface area contributed by atoms with Gasteiger partial charge >= 0.3 is 5.69 Å². The minimum atomic E-state index is -1.35. The van der Waals surface area contributed by atoms with Crippen LogP contribution in [0.15, 0.2) is 6.07 Å². The van der Waals surface area contributed by atoms with E-state index in [1.165, 1.54) is 0 Å². The molecule has 9 heteroatoms. The van der Waals surface area contributed by atoms with E-state index in [0.717, 1.165) is 6.07 Å². The normalized spacial score (nSPS) is 11.8. The summed E-state index contributed by atoms with van der Waals surface area (Å²) in [5.74, 6) is -0.294. The van der Waals surface area contributed by atoms with Crippen LogP contribution in [0.2, 0.25) is 0 Å². The summed E-state index contributed by atoms with van der Waals surface area (Å²) < 4.78 is 10.5. The SMILES string of the molecule is CCOc1cc([N+](=O)[O-])c(C(O)CC)c([N+](=O)[O-])c1OCC. The Morgan fingerprint density at radius 1 is 1.14 bits per heavy atom. The number of nitro benzene ring substituents is 2. The molecule has 0 radical (unpaired) electrons. The van der Waals surface area contributed by atoms with Crippen molar-refractivity contribution in [3.8, 4) is 11.5 Å². The van der Waals surface area contributed by atoms with Crippen LogP contribution < -0.4 is 9.47 Å².